The monoisotopic (exact) mass is 198 g/mol. The lowest BCUT2D eigenvalue weighted by atomic mass is 9.94. The molecular weight excluding hydrogens is 180 g/mol. The van der Waals surface area contributed by atoms with E-state index in [0.717, 1.165) is 12.8 Å². The molecule has 0 aliphatic heterocycles. The summed E-state index contributed by atoms with van der Waals surface area (Å²) >= 11 is 0. The van der Waals surface area contributed by atoms with E-state index in [1.54, 1.807) is 0 Å². The van der Waals surface area contributed by atoms with Crippen LogP contribution in [0.4, 0.5) is 0 Å². The van der Waals surface area contributed by atoms with E-state index in [0.29, 0.717) is 0 Å². The average molecular weight is 198 g/mol. The predicted octanol–water partition coefficient (Wildman–Crippen LogP) is 3.83. The van der Waals surface area contributed by atoms with Crippen molar-refractivity contribution in [2.45, 2.75) is 26.7 Å². The smallest absolute Gasteiger partial charge is 0.0434 e. The summed E-state index contributed by atoms with van der Waals surface area (Å²) in [6, 6.07) is 10.4. The molecule has 0 saturated carbocycles. The molecule has 78 valence electrons. The van der Waals surface area contributed by atoms with Crippen LogP contribution in [-0.2, 0) is 6.42 Å². The zero-order valence-electron chi connectivity index (χ0n) is 9.59. The SMILES string of the molecule is C=CC(C)(C)C#CCCc1ccccc1. The summed E-state index contributed by atoms with van der Waals surface area (Å²) in [4.78, 5) is 0. The van der Waals surface area contributed by atoms with Crippen molar-refractivity contribution >= 4 is 0 Å². The minimum Gasteiger partial charge on any atom is -0.102 e. The minimum absolute atomic E-state index is 0.0588. The molecule has 0 aromatic heterocycles. The number of hydrogen-bond acceptors (Lipinski definition) is 0. The van der Waals surface area contributed by atoms with Gasteiger partial charge in [-0.15, -0.1) is 12.5 Å². The Balaban J connectivity index is 2.43. The topological polar surface area (TPSA) is 0 Å². The van der Waals surface area contributed by atoms with Gasteiger partial charge in [0.2, 0.25) is 0 Å². The van der Waals surface area contributed by atoms with E-state index in [1.165, 1.54) is 5.56 Å². The van der Waals surface area contributed by atoms with Crippen LogP contribution in [0.1, 0.15) is 25.8 Å². The molecule has 0 aliphatic carbocycles. The first kappa shape index (κ1) is 11.6. The molecule has 0 amide bonds. The molecule has 1 aromatic rings. The zero-order valence-corrected chi connectivity index (χ0v) is 9.59. The fraction of sp³-hybridized carbons (Fsp3) is 0.333. The van der Waals surface area contributed by atoms with Gasteiger partial charge in [0.25, 0.3) is 0 Å². The standard InChI is InChI=1S/C15H18/c1-4-15(2,3)13-9-8-12-14-10-6-5-7-11-14/h4-7,10-11H,1,8,12H2,2-3H3. The highest BCUT2D eigenvalue weighted by Gasteiger charge is 2.06. The van der Waals surface area contributed by atoms with E-state index in [2.05, 4.69) is 56.5 Å². The summed E-state index contributed by atoms with van der Waals surface area (Å²) in [7, 11) is 0. The van der Waals surface area contributed by atoms with Gasteiger partial charge in [0.05, 0.1) is 0 Å². The molecule has 0 heterocycles. The number of benzene rings is 1. The van der Waals surface area contributed by atoms with E-state index in [-0.39, 0.29) is 5.41 Å². The van der Waals surface area contributed by atoms with Crippen molar-refractivity contribution in [1.29, 1.82) is 0 Å². The molecule has 0 spiro atoms. The first-order valence-electron chi connectivity index (χ1n) is 5.31. The second kappa shape index (κ2) is 5.41. The minimum atomic E-state index is -0.0588. The molecule has 0 nitrogen and oxygen atoms in total. The maximum Gasteiger partial charge on any atom is 0.0434 e. The van der Waals surface area contributed by atoms with Crippen molar-refractivity contribution in [3.05, 3.63) is 48.6 Å². The van der Waals surface area contributed by atoms with Gasteiger partial charge in [-0.25, -0.2) is 0 Å². The number of hydrogen-bond donors (Lipinski definition) is 0. The summed E-state index contributed by atoms with van der Waals surface area (Å²) < 4.78 is 0. The van der Waals surface area contributed by atoms with Crippen LogP contribution in [0.15, 0.2) is 43.0 Å². The number of aryl methyl sites for hydroxylation is 1. The van der Waals surface area contributed by atoms with Crippen LogP contribution in [0.25, 0.3) is 0 Å². The Morgan fingerprint density at radius 1 is 1.27 bits per heavy atom. The van der Waals surface area contributed by atoms with Crippen LogP contribution in [0.5, 0.6) is 0 Å². The summed E-state index contributed by atoms with van der Waals surface area (Å²) in [6.07, 6.45) is 3.84. The normalized spacial score (nSPS) is 10.3. The highest BCUT2D eigenvalue weighted by atomic mass is 14.1. The van der Waals surface area contributed by atoms with Crippen LogP contribution >= 0.6 is 0 Å². The molecule has 0 unspecified atom stereocenters. The first-order valence-corrected chi connectivity index (χ1v) is 5.31. The van der Waals surface area contributed by atoms with Crippen molar-refractivity contribution in [2.75, 3.05) is 0 Å². The van der Waals surface area contributed by atoms with Gasteiger partial charge in [0.1, 0.15) is 0 Å². The quantitative estimate of drug-likeness (QED) is 0.511. The summed E-state index contributed by atoms with van der Waals surface area (Å²) in [5.74, 6) is 6.41. The second-order valence-electron chi connectivity index (χ2n) is 4.21. The van der Waals surface area contributed by atoms with Gasteiger partial charge >= 0.3 is 0 Å². The Morgan fingerprint density at radius 2 is 1.93 bits per heavy atom. The fourth-order valence-electron chi connectivity index (χ4n) is 1.19. The van der Waals surface area contributed by atoms with Crippen LogP contribution in [0.3, 0.4) is 0 Å². The number of rotatable bonds is 3. The Bertz CT molecular complexity index is 360. The Labute approximate surface area is 93.0 Å². The Kier molecular flexibility index (Phi) is 4.18. The molecule has 0 aliphatic rings. The Hall–Kier alpha value is -1.48. The van der Waals surface area contributed by atoms with Crippen LogP contribution in [0, 0.1) is 17.3 Å². The van der Waals surface area contributed by atoms with Crippen LogP contribution < -0.4 is 0 Å². The van der Waals surface area contributed by atoms with E-state index < -0.39 is 0 Å². The van der Waals surface area contributed by atoms with Gasteiger partial charge in [-0.2, -0.15) is 0 Å². The van der Waals surface area contributed by atoms with Crippen molar-refractivity contribution in [3.63, 3.8) is 0 Å². The molecule has 1 rings (SSSR count). The molecule has 15 heavy (non-hydrogen) atoms. The first-order chi connectivity index (χ1) is 7.14. The van der Waals surface area contributed by atoms with E-state index in [9.17, 15) is 0 Å². The van der Waals surface area contributed by atoms with Gasteiger partial charge in [0, 0.05) is 11.8 Å². The van der Waals surface area contributed by atoms with E-state index in [4.69, 9.17) is 0 Å². The van der Waals surface area contributed by atoms with Gasteiger partial charge in [-0.05, 0) is 25.8 Å². The second-order valence-corrected chi connectivity index (χ2v) is 4.21. The van der Waals surface area contributed by atoms with Crippen molar-refractivity contribution in [3.8, 4) is 11.8 Å². The van der Waals surface area contributed by atoms with Crippen molar-refractivity contribution in [1.82, 2.24) is 0 Å². The summed E-state index contributed by atoms with van der Waals surface area (Å²) in [6.45, 7) is 7.92. The molecule has 0 fully saturated rings. The third-order valence-electron chi connectivity index (χ3n) is 2.30. The molecule has 0 heteroatoms. The third-order valence-corrected chi connectivity index (χ3v) is 2.30. The molecular formula is C15H18. The lowest BCUT2D eigenvalue weighted by Gasteiger charge is -2.09. The number of allylic oxidation sites excluding steroid dienone is 1. The molecule has 0 radical (unpaired) electrons. The summed E-state index contributed by atoms with van der Waals surface area (Å²) in [5.41, 5.74) is 1.29. The molecule has 0 bridgehead atoms. The maximum atomic E-state index is 3.77. The van der Waals surface area contributed by atoms with Gasteiger partial charge in [-0.3, -0.25) is 0 Å². The predicted molar refractivity (Wildman–Crippen MR) is 66.5 cm³/mol. The summed E-state index contributed by atoms with van der Waals surface area (Å²) in [5, 5.41) is 0. The van der Waals surface area contributed by atoms with Crippen LogP contribution in [0.2, 0.25) is 0 Å². The van der Waals surface area contributed by atoms with Crippen molar-refractivity contribution < 1.29 is 0 Å². The molecule has 0 atom stereocenters. The van der Waals surface area contributed by atoms with E-state index in [1.807, 2.05) is 12.1 Å². The highest BCUT2D eigenvalue weighted by Crippen LogP contribution is 2.13. The van der Waals surface area contributed by atoms with E-state index >= 15 is 0 Å². The van der Waals surface area contributed by atoms with Gasteiger partial charge in [0.15, 0.2) is 0 Å². The average Bonchev–Trinajstić information content (AvgIpc) is 2.26. The molecule has 1 aromatic carbocycles. The van der Waals surface area contributed by atoms with Crippen LogP contribution in [-0.4, -0.2) is 0 Å². The Morgan fingerprint density at radius 3 is 2.53 bits per heavy atom. The highest BCUT2D eigenvalue weighted by molar-refractivity contribution is 5.19. The lowest BCUT2D eigenvalue weighted by molar-refractivity contribution is 0.656. The third kappa shape index (κ3) is 4.51. The van der Waals surface area contributed by atoms with Crippen molar-refractivity contribution in [2.24, 2.45) is 5.41 Å². The molecule has 0 saturated heterocycles. The van der Waals surface area contributed by atoms with Gasteiger partial charge < -0.3 is 0 Å². The molecule has 0 N–H and O–H groups in total. The fourth-order valence-corrected chi connectivity index (χ4v) is 1.19. The lowest BCUT2D eigenvalue weighted by Crippen LogP contribution is -2.01. The zero-order chi connectivity index (χ0) is 11.1. The maximum absolute atomic E-state index is 3.77. The van der Waals surface area contributed by atoms with Gasteiger partial charge in [-0.1, -0.05) is 42.3 Å². The largest absolute Gasteiger partial charge is 0.102 e.